The zero-order valence-corrected chi connectivity index (χ0v) is 11.9. The monoisotopic (exact) mass is 302 g/mol. The zero-order valence-electron chi connectivity index (χ0n) is 11.1. The van der Waals surface area contributed by atoms with E-state index < -0.39 is 5.97 Å². The van der Waals surface area contributed by atoms with Gasteiger partial charge in [0.05, 0.1) is 19.1 Å². The van der Waals surface area contributed by atoms with Gasteiger partial charge < -0.3 is 9.15 Å². The molecule has 0 saturated heterocycles. The zero-order chi connectivity index (χ0) is 14.8. The fourth-order valence-electron chi connectivity index (χ4n) is 1.96. The molecule has 0 aliphatic rings. The number of aromatic nitrogens is 2. The quantitative estimate of drug-likeness (QED) is 0.694. The number of carbonyl (C=O) groups excluding carboxylic acids is 1. The summed E-state index contributed by atoms with van der Waals surface area (Å²) in [6, 6.07) is 12.3. The standard InChI is InChI=1S/C15H11ClN2O3/c1-20-15(19)12-9-13(14-3-2-8-21-14)18(17-12)11-6-4-10(16)5-7-11/h2-9H,1H3. The summed E-state index contributed by atoms with van der Waals surface area (Å²) in [5.41, 5.74) is 1.63. The predicted molar refractivity (Wildman–Crippen MR) is 77.6 cm³/mol. The fourth-order valence-corrected chi connectivity index (χ4v) is 2.09. The largest absolute Gasteiger partial charge is 0.464 e. The average molecular weight is 303 g/mol. The average Bonchev–Trinajstić information content (AvgIpc) is 3.16. The van der Waals surface area contributed by atoms with Crippen molar-refractivity contribution >= 4 is 17.6 Å². The third kappa shape index (κ3) is 2.55. The lowest BCUT2D eigenvalue weighted by atomic mass is 10.2. The van der Waals surface area contributed by atoms with Gasteiger partial charge in [0.1, 0.15) is 5.69 Å². The molecule has 0 aliphatic carbocycles. The lowest BCUT2D eigenvalue weighted by Gasteiger charge is -2.05. The first-order valence-electron chi connectivity index (χ1n) is 6.17. The summed E-state index contributed by atoms with van der Waals surface area (Å²) in [5, 5.41) is 4.90. The van der Waals surface area contributed by atoms with E-state index in [9.17, 15) is 4.79 Å². The van der Waals surface area contributed by atoms with Crippen LogP contribution in [0.3, 0.4) is 0 Å². The molecule has 0 radical (unpaired) electrons. The van der Waals surface area contributed by atoms with E-state index in [2.05, 4.69) is 5.10 Å². The number of carbonyl (C=O) groups is 1. The lowest BCUT2D eigenvalue weighted by Crippen LogP contribution is -2.04. The van der Waals surface area contributed by atoms with Gasteiger partial charge >= 0.3 is 5.97 Å². The van der Waals surface area contributed by atoms with Gasteiger partial charge in [-0.3, -0.25) is 0 Å². The second kappa shape index (κ2) is 5.46. The Labute approximate surface area is 125 Å². The number of halogens is 1. The van der Waals surface area contributed by atoms with E-state index in [0.29, 0.717) is 16.5 Å². The van der Waals surface area contributed by atoms with Gasteiger partial charge in [-0.05, 0) is 36.4 Å². The molecule has 5 nitrogen and oxygen atoms in total. The molecule has 0 unspecified atom stereocenters. The van der Waals surface area contributed by atoms with Crippen LogP contribution in [0, 0.1) is 0 Å². The maximum absolute atomic E-state index is 11.7. The minimum absolute atomic E-state index is 0.207. The second-order valence-corrected chi connectivity index (χ2v) is 4.71. The number of nitrogens with zero attached hydrogens (tertiary/aromatic N) is 2. The molecule has 3 rings (SSSR count). The normalized spacial score (nSPS) is 10.6. The number of rotatable bonds is 3. The Hall–Kier alpha value is -2.53. The molecular formula is C15H11ClN2O3. The highest BCUT2D eigenvalue weighted by molar-refractivity contribution is 6.30. The van der Waals surface area contributed by atoms with E-state index in [-0.39, 0.29) is 5.69 Å². The van der Waals surface area contributed by atoms with Crippen LogP contribution in [0.25, 0.3) is 17.1 Å². The highest BCUT2D eigenvalue weighted by Crippen LogP contribution is 2.25. The van der Waals surface area contributed by atoms with Crippen LogP contribution in [-0.2, 0) is 4.74 Å². The molecule has 0 atom stereocenters. The van der Waals surface area contributed by atoms with Crippen LogP contribution in [0.2, 0.25) is 5.02 Å². The first-order valence-corrected chi connectivity index (χ1v) is 6.55. The molecule has 3 aromatic rings. The van der Waals surface area contributed by atoms with Gasteiger partial charge in [0.25, 0.3) is 0 Å². The van der Waals surface area contributed by atoms with Crippen molar-refractivity contribution in [3.05, 3.63) is 59.4 Å². The summed E-state index contributed by atoms with van der Waals surface area (Å²) < 4.78 is 11.7. The van der Waals surface area contributed by atoms with Crippen LogP contribution in [0.15, 0.2) is 53.1 Å². The van der Waals surface area contributed by atoms with Gasteiger partial charge in [0.2, 0.25) is 0 Å². The molecule has 106 valence electrons. The minimum Gasteiger partial charge on any atom is -0.464 e. The first kappa shape index (κ1) is 13.5. The van der Waals surface area contributed by atoms with Gasteiger partial charge in [-0.15, -0.1) is 0 Å². The number of hydrogen-bond donors (Lipinski definition) is 0. The molecule has 0 N–H and O–H groups in total. The number of furan rings is 1. The number of methoxy groups -OCH3 is 1. The minimum atomic E-state index is -0.504. The number of benzene rings is 1. The van der Waals surface area contributed by atoms with Crippen molar-refractivity contribution < 1.29 is 13.9 Å². The van der Waals surface area contributed by atoms with Crippen molar-refractivity contribution in [1.29, 1.82) is 0 Å². The molecule has 0 saturated carbocycles. The van der Waals surface area contributed by atoms with E-state index in [1.807, 2.05) is 12.1 Å². The molecule has 0 amide bonds. The lowest BCUT2D eigenvalue weighted by molar-refractivity contribution is 0.0593. The number of ether oxygens (including phenoxy) is 1. The summed E-state index contributed by atoms with van der Waals surface area (Å²) >= 11 is 5.89. The number of hydrogen-bond acceptors (Lipinski definition) is 4. The summed E-state index contributed by atoms with van der Waals surface area (Å²) in [5.74, 6) is 0.100. The van der Waals surface area contributed by atoms with Crippen LogP contribution in [0.1, 0.15) is 10.5 Å². The van der Waals surface area contributed by atoms with E-state index in [1.54, 1.807) is 41.3 Å². The highest BCUT2D eigenvalue weighted by Gasteiger charge is 2.18. The van der Waals surface area contributed by atoms with E-state index >= 15 is 0 Å². The SMILES string of the molecule is COC(=O)c1cc(-c2ccco2)n(-c2ccc(Cl)cc2)n1. The summed E-state index contributed by atoms with van der Waals surface area (Å²) in [6.45, 7) is 0. The summed E-state index contributed by atoms with van der Waals surface area (Å²) in [7, 11) is 1.32. The second-order valence-electron chi connectivity index (χ2n) is 4.27. The topological polar surface area (TPSA) is 57.3 Å². The van der Waals surface area contributed by atoms with Crippen molar-refractivity contribution in [1.82, 2.24) is 9.78 Å². The van der Waals surface area contributed by atoms with Crippen LogP contribution in [-0.4, -0.2) is 22.9 Å². The van der Waals surface area contributed by atoms with Crippen molar-refractivity contribution in [2.75, 3.05) is 7.11 Å². The first-order chi connectivity index (χ1) is 10.2. The van der Waals surface area contributed by atoms with E-state index in [4.69, 9.17) is 20.8 Å². The Balaban J connectivity index is 2.15. The van der Waals surface area contributed by atoms with Crippen LogP contribution in [0.4, 0.5) is 0 Å². The van der Waals surface area contributed by atoms with Crippen LogP contribution in [0.5, 0.6) is 0 Å². The van der Waals surface area contributed by atoms with Gasteiger partial charge in [-0.2, -0.15) is 5.10 Å². The highest BCUT2D eigenvalue weighted by atomic mass is 35.5. The van der Waals surface area contributed by atoms with Crippen LogP contribution < -0.4 is 0 Å². The molecule has 0 aliphatic heterocycles. The Kier molecular flexibility index (Phi) is 3.50. The molecular weight excluding hydrogens is 292 g/mol. The smallest absolute Gasteiger partial charge is 0.358 e. The molecule has 0 fully saturated rings. The Bertz CT molecular complexity index is 761. The molecule has 2 heterocycles. The van der Waals surface area contributed by atoms with Gasteiger partial charge in [-0.25, -0.2) is 9.48 Å². The van der Waals surface area contributed by atoms with Gasteiger partial charge in [0, 0.05) is 11.1 Å². The van der Waals surface area contributed by atoms with E-state index in [1.165, 1.54) is 7.11 Å². The third-order valence-corrected chi connectivity index (χ3v) is 3.20. The Morgan fingerprint density at radius 1 is 1.29 bits per heavy atom. The van der Waals surface area contributed by atoms with Crippen LogP contribution >= 0.6 is 11.6 Å². The summed E-state index contributed by atoms with van der Waals surface area (Å²) in [6.07, 6.45) is 1.56. The molecule has 21 heavy (non-hydrogen) atoms. The van der Waals surface area contributed by atoms with Crippen molar-refractivity contribution in [2.24, 2.45) is 0 Å². The molecule has 2 aromatic heterocycles. The summed E-state index contributed by atoms with van der Waals surface area (Å²) in [4.78, 5) is 11.7. The Morgan fingerprint density at radius 2 is 2.05 bits per heavy atom. The van der Waals surface area contributed by atoms with Crippen molar-refractivity contribution in [2.45, 2.75) is 0 Å². The predicted octanol–water partition coefficient (Wildman–Crippen LogP) is 3.57. The molecule has 6 heteroatoms. The third-order valence-electron chi connectivity index (χ3n) is 2.95. The Morgan fingerprint density at radius 3 is 2.67 bits per heavy atom. The maximum atomic E-state index is 11.7. The molecule has 0 bridgehead atoms. The van der Waals surface area contributed by atoms with Crippen molar-refractivity contribution in [3.8, 4) is 17.1 Å². The molecule has 0 spiro atoms. The maximum Gasteiger partial charge on any atom is 0.358 e. The number of esters is 1. The van der Waals surface area contributed by atoms with E-state index in [0.717, 1.165) is 5.69 Å². The van der Waals surface area contributed by atoms with Gasteiger partial charge in [-0.1, -0.05) is 11.6 Å². The fraction of sp³-hybridized carbons (Fsp3) is 0.0667. The van der Waals surface area contributed by atoms with Crippen molar-refractivity contribution in [3.63, 3.8) is 0 Å². The molecule has 1 aromatic carbocycles. The van der Waals surface area contributed by atoms with Gasteiger partial charge in [0.15, 0.2) is 11.5 Å².